The van der Waals surface area contributed by atoms with Gasteiger partial charge in [0.25, 0.3) is 5.91 Å². The quantitative estimate of drug-likeness (QED) is 0.893. The van der Waals surface area contributed by atoms with Gasteiger partial charge >= 0.3 is 0 Å². The van der Waals surface area contributed by atoms with E-state index in [2.05, 4.69) is 5.32 Å². The van der Waals surface area contributed by atoms with Crippen molar-refractivity contribution in [1.82, 2.24) is 10.2 Å². The maximum Gasteiger partial charge on any atom is 0.251 e. The van der Waals surface area contributed by atoms with E-state index in [1.54, 1.807) is 12.1 Å². The van der Waals surface area contributed by atoms with E-state index in [0.29, 0.717) is 5.56 Å². The molecule has 1 aromatic rings. The summed E-state index contributed by atoms with van der Waals surface area (Å²) in [7, 11) is 0. The van der Waals surface area contributed by atoms with Crippen molar-refractivity contribution in [3.05, 3.63) is 35.9 Å². The van der Waals surface area contributed by atoms with Gasteiger partial charge < -0.3 is 10.2 Å². The smallest absolute Gasteiger partial charge is 0.251 e. The molecule has 1 saturated heterocycles. The summed E-state index contributed by atoms with van der Waals surface area (Å²) in [5.41, 5.74) is 0.595. The highest BCUT2D eigenvalue weighted by Gasteiger charge is 2.32. The lowest BCUT2D eigenvalue weighted by Crippen LogP contribution is -2.55. The molecule has 1 fully saturated rings. The van der Waals surface area contributed by atoms with E-state index in [-0.39, 0.29) is 17.7 Å². The van der Waals surface area contributed by atoms with Gasteiger partial charge in [-0.15, -0.1) is 0 Å². The van der Waals surface area contributed by atoms with Gasteiger partial charge in [0.15, 0.2) is 0 Å². The third-order valence-electron chi connectivity index (χ3n) is 3.97. The SMILES string of the molecule is CCC(C)C(NC(=O)c1ccccc1)C(=O)N1CCC1. The minimum Gasteiger partial charge on any atom is -0.341 e. The summed E-state index contributed by atoms with van der Waals surface area (Å²) in [6.45, 7) is 5.67. The van der Waals surface area contributed by atoms with Gasteiger partial charge in [0, 0.05) is 18.7 Å². The number of benzene rings is 1. The Morgan fingerprint density at radius 3 is 2.40 bits per heavy atom. The fraction of sp³-hybridized carbons (Fsp3) is 0.500. The lowest BCUT2D eigenvalue weighted by atomic mass is 9.96. The Bertz CT molecular complexity index is 469. The number of hydrogen-bond donors (Lipinski definition) is 1. The van der Waals surface area contributed by atoms with E-state index in [1.165, 1.54) is 0 Å². The highest BCUT2D eigenvalue weighted by atomic mass is 16.2. The second-order valence-electron chi connectivity index (χ2n) is 5.38. The average Bonchev–Trinajstić information content (AvgIpc) is 2.42. The van der Waals surface area contributed by atoms with Crippen molar-refractivity contribution < 1.29 is 9.59 Å². The van der Waals surface area contributed by atoms with Crippen LogP contribution in [0.4, 0.5) is 0 Å². The minimum absolute atomic E-state index is 0.0508. The molecule has 4 heteroatoms. The molecule has 1 aromatic carbocycles. The van der Waals surface area contributed by atoms with Crippen molar-refractivity contribution >= 4 is 11.8 Å². The molecular weight excluding hydrogens is 252 g/mol. The number of rotatable bonds is 5. The van der Waals surface area contributed by atoms with Crippen molar-refractivity contribution in [2.75, 3.05) is 13.1 Å². The molecule has 1 aliphatic heterocycles. The fourth-order valence-electron chi connectivity index (χ4n) is 2.23. The number of hydrogen-bond acceptors (Lipinski definition) is 2. The molecule has 108 valence electrons. The maximum atomic E-state index is 12.4. The zero-order chi connectivity index (χ0) is 14.5. The van der Waals surface area contributed by atoms with Gasteiger partial charge in [-0.2, -0.15) is 0 Å². The summed E-state index contributed by atoms with van der Waals surface area (Å²) in [6.07, 6.45) is 1.92. The van der Waals surface area contributed by atoms with Crippen molar-refractivity contribution in [2.45, 2.75) is 32.7 Å². The number of amides is 2. The van der Waals surface area contributed by atoms with Crippen LogP contribution >= 0.6 is 0 Å². The van der Waals surface area contributed by atoms with Gasteiger partial charge in [-0.1, -0.05) is 38.5 Å². The first kappa shape index (κ1) is 14.6. The topological polar surface area (TPSA) is 49.4 Å². The predicted molar refractivity (Wildman–Crippen MR) is 78.3 cm³/mol. The third-order valence-corrected chi connectivity index (χ3v) is 3.97. The van der Waals surface area contributed by atoms with Gasteiger partial charge in [0.05, 0.1) is 0 Å². The zero-order valence-electron chi connectivity index (χ0n) is 12.1. The van der Waals surface area contributed by atoms with Crippen molar-refractivity contribution in [3.8, 4) is 0 Å². The van der Waals surface area contributed by atoms with Gasteiger partial charge in [-0.25, -0.2) is 0 Å². The van der Waals surface area contributed by atoms with Crippen LogP contribution in [0.1, 0.15) is 37.0 Å². The van der Waals surface area contributed by atoms with E-state index >= 15 is 0 Å². The highest BCUT2D eigenvalue weighted by Crippen LogP contribution is 2.16. The average molecular weight is 274 g/mol. The molecule has 0 spiro atoms. The molecule has 0 bridgehead atoms. The molecule has 1 N–H and O–H groups in total. The van der Waals surface area contributed by atoms with E-state index in [1.807, 2.05) is 36.9 Å². The van der Waals surface area contributed by atoms with Crippen molar-refractivity contribution in [1.29, 1.82) is 0 Å². The van der Waals surface area contributed by atoms with Crippen LogP contribution in [0.5, 0.6) is 0 Å². The molecule has 0 radical (unpaired) electrons. The highest BCUT2D eigenvalue weighted by molar-refractivity contribution is 5.97. The van der Waals surface area contributed by atoms with Crippen LogP contribution in [-0.4, -0.2) is 35.8 Å². The Labute approximate surface area is 120 Å². The first-order valence-electron chi connectivity index (χ1n) is 7.28. The molecule has 4 nitrogen and oxygen atoms in total. The first-order chi connectivity index (χ1) is 9.63. The van der Waals surface area contributed by atoms with E-state index in [9.17, 15) is 9.59 Å². The molecule has 1 heterocycles. The number of likely N-dealkylation sites (tertiary alicyclic amines) is 1. The zero-order valence-corrected chi connectivity index (χ0v) is 12.1. The predicted octanol–water partition coefficient (Wildman–Crippen LogP) is 2.06. The summed E-state index contributed by atoms with van der Waals surface area (Å²) in [5.74, 6) is 0.00965. The third kappa shape index (κ3) is 3.18. The van der Waals surface area contributed by atoms with Crippen LogP contribution in [0.2, 0.25) is 0 Å². The number of nitrogens with zero attached hydrogens (tertiary/aromatic N) is 1. The van der Waals surface area contributed by atoms with Crippen LogP contribution in [0.3, 0.4) is 0 Å². The van der Waals surface area contributed by atoms with Crippen LogP contribution in [0.25, 0.3) is 0 Å². The Balaban J connectivity index is 2.07. The molecule has 2 atom stereocenters. The lowest BCUT2D eigenvalue weighted by Gasteiger charge is -2.36. The van der Waals surface area contributed by atoms with Gasteiger partial charge in [-0.3, -0.25) is 9.59 Å². The fourth-order valence-corrected chi connectivity index (χ4v) is 2.23. The largest absolute Gasteiger partial charge is 0.341 e. The Morgan fingerprint density at radius 2 is 1.90 bits per heavy atom. The number of nitrogens with one attached hydrogen (secondary N) is 1. The standard InChI is InChI=1S/C16H22N2O2/c1-3-12(2)14(16(20)18-10-7-11-18)17-15(19)13-8-5-4-6-9-13/h4-6,8-9,12,14H,3,7,10-11H2,1-2H3,(H,17,19). The Kier molecular flexibility index (Phi) is 4.77. The van der Waals surface area contributed by atoms with E-state index < -0.39 is 6.04 Å². The Morgan fingerprint density at radius 1 is 1.25 bits per heavy atom. The maximum absolute atomic E-state index is 12.4. The number of carbonyl (C=O) groups is 2. The summed E-state index contributed by atoms with van der Waals surface area (Å²) in [5, 5.41) is 2.90. The van der Waals surface area contributed by atoms with Crippen LogP contribution in [0, 0.1) is 5.92 Å². The van der Waals surface area contributed by atoms with E-state index in [0.717, 1.165) is 25.9 Å². The summed E-state index contributed by atoms with van der Waals surface area (Å²) in [6, 6.07) is 8.62. The monoisotopic (exact) mass is 274 g/mol. The second-order valence-corrected chi connectivity index (χ2v) is 5.38. The van der Waals surface area contributed by atoms with Crippen LogP contribution < -0.4 is 5.32 Å². The molecule has 20 heavy (non-hydrogen) atoms. The molecule has 2 amide bonds. The van der Waals surface area contributed by atoms with Crippen LogP contribution in [-0.2, 0) is 4.79 Å². The van der Waals surface area contributed by atoms with E-state index in [4.69, 9.17) is 0 Å². The molecule has 0 aromatic heterocycles. The van der Waals surface area contributed by atoms with Crippen molar-refractivity contribution in [2.24, 2.45) is 5.92 Å². The minimum atomic E-state index is -0.423. The molecule has 2 rings (SSSR count). The summed E-state index contributed by atoms with van der Waals surface area (Å²) < 4.78 is 0. The lowest BCUT2D eigenvalue weighted by molar-refractivity contribution is -0.138. The second kappa shape index (κ2) is 6.55. The molecule has 2 unspecified atom stereocenters. The molecule has 0 aliphatic carbocycles. The van der Waals surface area contributed by atoms with Gasteiger partial charge in [0.1, 0.15) is 6.04 Å². The van der Waals surface area contributed by atoms with Crippen LogP contribution in [0.15, 0.2) is 30.3 Å². The van der Waals surface area contributed by atoms with Crippen molar-refractivity contribution in [3.63, 3.8) is 0 Å². The normalized spacial score (nSPS) is 17.0. The van der Waals surface area contributed by atoms with Gasteiger partial charge in [-0.05, 0) is 24.5 Å². The molecular formula is C16H22N2O2. The molecule has 0 saturated carbocycles. The van der Waals surface area contributed by atoms with Gasteiger partial charge in [0.2, 0.25) is 5.91 Å². The summed E-state index contributed by atoms with van der Waals surface area (Å²) in [4.78, 5) is 26.5. The molecule has 1 aliphatic rings. The first-order valence-corrected chi connectivity index (χ1v) is 7.28. The summed E-state index contributed by atoms with van der Waals surface area (Å²) >= 11 is 0. The number of carbonyl (C=O) groups excluding carboxylic acids is 2. The Hall–Kier alpha value is -1.84.